The quantitative estimate of drug-likeness (QED) is 0.253. The van der Waals surface area contributed by atoms with Gasteiger partial charge in [0.05, 0.1) is 29.1 Å². The monoisotopic (exact) mass is 585 g/mol. The van der Waals surface area contributed by atoms with Crippen molar-refractivity contribution in [3.05, 3.63) is 87.8 Å². The highest BCUT2D eigenvalue weighted by molar-refractivity contribution is 6.19. The number of aromatic nitrogens is 2. The van der Waals surface area contributed by atoms with Gasteiger partial charge in [0.15, 0.2) is 0 Å². The number of fused-ring (bicyclic) bond motifs is 2. The molecule has 2 amide bonds. The third-order valence-corrected chi connectivity index (χ3v) is 8.06. The number of rotatable bonds is 10. The maximum atomic E-state index is 13.3. The highest BCUT2D eigenvalue weighted by Crippen LogP contribution is 2.39. The molecule has 43 heavy (non-hydrogen) atoms. The summed E-state index contributed by atoms with van der Waals surface area (Å²) in [5, 5.41) is 0.570. The zero-order valence-corrected chi connectivity index (χ0v) is 25.7. The molecule has 10 heteroatoms. The lowest BCUT2D eigenvalue weighted by Gasteiger charge is -2.27. The average molecular weight is 586 g/mol. The molecule has 226 valence electrons. The molecule has 1 aromatic carbocycles. The Morgan fingerprint density at radius 3 is 2.42 bits per heavy atom. The van der Waals surface area contributed by atoms with E-state index < -0.39 is 5.41 Å². The Labute approximate surface area is 251 Å². The van der Waals surface area contributed by atoms with E-state index in [1.54, 1.807) is 54.6 Å². The fourth-order valence-corrected chi connectivity index (χ4v) is 5.69. The molecule has 0 saturated carbocycles. The van der Waals surface area contributed by atoms with E-state index in [1.165, 1.54) is 0 Å². The summed E-state index contributed by atoms with van der Waals surface area (Å²) in [6.45, 7) is 10.2. The number of carbonyl (C=O) groups excluding carboxylic acids is 2. The Bertz CT molecular complexity index is 1710. The van der Waals surface area contributed by atoms with Gasteiger partial charge < -0.3 is 23.5 Å². The van der Waals surface area contributed by atoms with Crippen LogP contribution >= 0.6 is 0 Å². The molecule has 0 N–H and O–H groups in total. The van der Waals surface area contributed by atoms with Crippen LogP contribution in [0.1, 0.15) is 43.4 Å². The second kappa shape index (κ2) is 12.1. The van der Waals surface area contributed by atoms with Crippen molar-refractivity contribution in [1.29, 1.82) is 0 Å². The van der Waals surface area contributed by atoms with Crippen molar-refractivity contribution in [2.75, 3.05) is 37.0 Å². The number of furan rings is 1. The number of nitrogens with zero attached hydrogens (tertiary/aromatic N) is 5. The lowest BCUT2D eigenvalue weighted by Crippen LogP contribution is -2.47. The number of benzene rings is 1. The number of anilines is 2. The van der Waals surface area contributed by atoms with Crippen LogP contribution in [0.2, 0.25) is 0 Å². The molecule has 0 spiro atoms. The second-order valence-corrected chi connectivity index (χ2v) is 11.6. The number of pyridine rings is 2. The number of amides is 2. The highest BCUT2D eigenvalue weighted by Gasteiger charge is 2.45. The van der Waals surface area contributed by atoms with Crippen molar-refractivity contribution < 1.29 is 18.7 Å². The Morgan fingerprint density at radius 2 is 1.72 bits per heavy atom. The molecule has 3 aromatic heterocycles. The third-order valence-electron chi connectivity index (χ3n) is 8.06. The first-order valence-electron chi connectivity index (χ1n) is 14.5. The molecule has 1 aliphatic rings. The number of hydrogen-bond donors (Lipinski definition) is 0. The molecule has 4 heterocycles. The van der Waals surface area contributed by atoms with Gasteiger partial charge >= 0.3 is 0 Å². The van der Waals surface area contributed by atoms with E-state index in [0.29, 0.717) is 61.7 Å². The summed E-state index contributed by atoms with van der Waals surface area (Å²) in [5.41, 5.74) is 3.62. The van der Waals surface area contributed by atoms with Gasteiger partial charge in [0, 0.05) is 59.3 Å². The Hall–Kier alpha value is -4.28. The van der Waals surface area contributed by atoms with E-state index in [-0.39, 0.29) is 17.4 Å². The van der Waals surface area contributed by atoms with Gasteiger partial charge in [0.25, 0.3) is 5.56 Å². The minimum Gasteiger partial charge on any atom is -0.461 e. The second-order valence-electron chi connectivity index (χ2n) is 11.6. The number of methoxy groups -OCH3 is 1. The molecule has 1 aliphatic heterocycles. The van der Waals surface area contributed by atoms with Crippen LogP contribution in [0.4, 0.5) is 11.4 Å². The summed E-state index contributed by atoms with van der Waals surface area (Å²) in [6.07, 6.45) is 3.62. The topological polar surface area (TPSA) is 101 Å². The van der Waals surface area contributed by atoms with Crippen LogP contribution in [0.3, 0.4) is 0 Å². The fourth-order valence-electron chi connectivity index (χ4n) is 5.69. The Balaban J connectivity index is 1.45. The van der Waals surface area contributed by atoms with E-state index in [0.717, 1.165) is 22.5 Å². The molecule has 0 bridgehead atoms. The Kier molecular flexibility index (Phi) is 8.52. The van der Waals surface area contributed by atoms with Gasteiger partial charge in [-0.2, -0.15) is 0 Å². The summed E-state index contributed by atoms with van der Waals surface area (Å²) in [7, 11) is 3.37. The molecule has 0 unspecified atom stereocenters. The summed E-state index contributed by atoms with van der Waals surface area (Å²) < 4.78 is 12.5. The van der Waals surface area contributed by atoms with Crippen molar-refractivity contribution >= 4 is 34.2 Å². The standard InChI is InChI=1S/C33H39N5O5/c1-7-38-27-11-9-23(17-28(27)35(5)31(40)33(3,4)32(38)41)19-36(20-24-8-10-25(21-42-6)34-18-24)14-15-37-13-12-29-26(30(37)39)16-22(2)43-29/h8-13,16-18H,7,14-15,19-21H2,1-6H3. The van der Waals surface area contributed by atoms with Crippen molar-refractivity contribution in [3.63, 3.8) is 0 Å². The van der Waals surface area contributed by atoms with Gasteiger partial charge in [0.2, 0.25) is 11.8 Å². The smallest absolute Gasteiger partial charge is 0.261 e. The molecule has 0 saturated heterocycles. The van der Waals surface area contributed by atoms with Crippen molar-refractivity contribution in [2.24, 2.45) is 5.41 Å². The summed E-state index contributed by atoms with van der Waals surface area (Å²) in [5.74, 6) is 0.254. The average Bonchev–Trinajstić information content (AvgIpc) is 3.37. The molecule has 5 rings (SSSR count). The predicted octanol–water partition coefficient (Wildman–Crippen LogP) is 4.50. The van der Waals surface area contributed by atoms with E-state index in [2.05, 4.69) is 9.88 Å². The van der Waals surface area contributed by atoms with Crippen LogP contribution in [0.15, 0.2) is 64.1 Å². The number of carbonyl (C=O) groups is 2. The maximum absolute atomic E-state index is 13.3. The molecule has 0 aliphatic carbocycles. The lowest BCUT2D eigenvalue weighted by molar-refractivity contribution is -0.137. The molecular weight excluding hydrogens is 546 g/mol. The van der Waals surface area contributed by atoms with Gasteiger partial charge in [-0.3, -0.25) is 24.3 Å². The SMILES string of the molecule is CCN1C(=O)C(C)(C)C(=O)N(C)c2cc(CN(CCn3ccc4oc(C)cc4c3=O)Cc3ccc(COC)nc3)ccc21. The third kappa shape index (κ3) is 5.98. The van der Waals surface area contributed by atoms with Crippen molar-refractivity contribution in [2.45, 2.75) is 53.9 Å². The zero-order chi connectivity index (χ0) is 30.9. The van der Waals surface area contributed by atoms with Crippen LogP contribution < -0.4 is 15.4 Å². The minimum absolute atomic E-state index is 0.0861. The maximum Gasteiger partial charge on any atom is 0.261 e. The molecule has 10 nitrogen and oxygen atoms in total. The van der Waals surface area contributed by atoms with E-state index in [1.807, 2.05) is 56.4 Å². The largest absolute Gasteiger partial charge is 0.461 e. The van der Waals surface area contributed by atoms with Crippen LogP contribution in [-0.4, -0.2) is 53.5 Å². The number of aryl methyl sites for hydroxylation is 1. The Morgan fingerprint density at radius 1 is 0.977 bits per heavy atom. The number of hydrogen-bond acceptors (Lipinski definition) is 7. The molecule has 0 radical (unpaired) electrons. The molecule has 0 fully saturated rings. The first-order chi connectivity index (χ1) is 20.5. The van der Waals surface area contributed by atoms with Crippen LogP contribution in [0.5, 0.6) is 0 Å². The number of ether oxygens (including phenoxy) is 1. The summed E-state index contributed by atoms with van der Waals surface area (Å²) >= 11 is 0. The first kappa shape index (κ1) is 30.2. The van der Waals surface area contributed by atoms with Gasteiger partial charge in [-0.05, 0) is 69.2 Å². The van der Waals surface area contributed by atoms with Gasteiger partial charge in [-0.15, -0.1) is 0 Å². The van der Waals surface area contributed by atoms with Crippen molar-refractivity contribution in [3.8, 4) is 0 Å². The van der Waals surface area contributed by atoms with Crippen LogP contribution in [0, 0.1) is 12.3 Å². The molecule has 4 aromatic rings. The highest BCUT2D eigenvalue weighted by atomic mass is 16.5. The molecular formula is C33H39N5O5. The van der Waals surface area contributed by atoms with Gasteiger partial charge in [-0.1, -0.05) is 12.1 Å². The van der Waals surface area contributed by atoms with Crippen molar-refractivity contribution in [1.82, 2.24) is 14.5 Å². The first-order valence-corrected chi connectivity index (χ1v) is 14.5. The minimum atomic E-state index is -1.17. The van der Waals surface area contributed by atoms with E-state index in [4.69, 9.17) is 9.15 Å². The zero-order valence-electron chi connectivity index (χ0n) is 25.7. The van der Waals surface area contributed by atoms with Gasteiger partial charge in [-0.25, -0.2) is 0 Å². The van der Waals surface area contributed by atoms with E-state index >= 15 is 0 Å². The van der Waals surface area contributed by atoms with Crippen LogP contribution in [-0.2, 0) is 40.6 Å². The lowest BCUT2D eigenvalue weighted by atomic mass is 9.90. The van der Waals surface area contributed by atoms with Gasteiger partial charge in [0.1, 0.15) is 16.8 Å². The summed E-state index contributed by atoms with van der Waals surface area (Å²) in [4.78, 5) is 49.9. The fraction of sp³-hybridized carbons (Fsp3) is 0.394. The summed E-state index contributed by atoms with van der Waals surface area (Å²) in [6, 6.07) is 13.5. The van der Waals surface area contributed by atoms with Crippen LogP contribution in [0.25, 0.3) is 11.0 Å². The van der Waals surface area contributed by atoms with E-state index in [9.17, 15) is 14.4 Å². The molecule has 0 atom stereocenters. The predicted molar refractivity (Wildman–Crippen MR) is 166 cm³/mol. The normalized spacial score (nSPS) is 15.0.